The molecule has 0 atom stereocenters. The van der Waals surface area contributed by atoms with Crippen LogP contribution in [0.1, 0.15) is 17.7 Å². The van der Waals surface area contributed by atoms with Gasteiger partial charge < -0.3 is 11.1 Å². The van der Waals surface area contributed by atoms with Crippen LogP contribution in [-0.2, 0) is 19.9 Å². The van der Waals surface area contributed by atoms with Crippen molar-refractivity contribution >= 4 is 29.9 Å². The molecule has 22 heavy (non-hydrogen) atoms. The second-order valence-corrected chi connectivity index (χ2v) is 4.89. The number of aromatic nitrogens is 3. The van der Waals surface area contributed by atoms with Gasteiger partial charge in [-0.25, -0.2) is 0 Å². The van der Waals surface area contributed by atoms with E-state index in [9.17, 15) is 0 Å². The minimum Gasteiger partial charge on any atom is -0.370 e. The Morgan fingerprint density at radius 2 is 2.23 bits per heavy atom. The monoisotopic (exact) mass is 414 g/mol. The molecule has 0 saturated heterocycles. The average molecular weight is 414 g/mol. The molecule has 0 aliphatic rings. The molecule has 2 heterocycles. The van der Waals surface area contributed by atoms with Crippen molar-refractivity contribution in [2.24, 2.45) is 17.8 Å². The SMILES string of the molecule is Cn1cc(CCCN=C(N)NCCc2ccccn2)cn1.I. The molecule has 0 aliphatic heterocycles. The first-order chi connectivity index (χ1) is 10.2. The van der Waals surface area contributed by atoms with Crippen molar-refractivity contribution in [2.75, 3.05) is 13.1 Å². The third-order valence-corrected chi connectivity index (χ3v) is 3.08. The molecule has 2 rings (SSSR count). The quantitative estimate of drug-likeness (QED) is 0.312. The van der Waals surface area contributed by atoms with Crippen molar-refractivity contribution in [3.63, 3.8) is 0 Å². The van der Waals surface area contributed by atoms with Gasteiger partial charge in [0, 0.05) is 44.6 Å². The predicted octanol–water partition coefficient (Wildman–Crippen LogP) is 1.51. The number of hydrogen-bond donors (Lipinski definition) is 2. The minimum atomic E-state index is 0. The van der Waals surface area contributed by atoms with Gasteiger partial charge in [0.2, 0.25) is 0 Å². The summed E-state index contributed by atoms with van der Waals surface area (Å²) in [6, 6.07) is 5.90. The van der Waals surface area contributed by atoms with Crippen LogP contribution in [0.5, 0.6) is 0 Å². The van der Waals surface area contributed by atoms with E-state index in [0.717, 1.165) is 38.0 Å². The summed E-state index contributed by atoms with van der Waals surface area (Å²) >= 11 is 0. The van der Waals surface area contributed by atoms with E-state index in [1.807, 2.05) is 42.3 Å². The smallest absolute Gasteiger partial charge is 0.188 e. The van der Waals surface area contributed by atoms with Crippen LogP contribution in [0.25, 0.3) is 0 Å². The molecule has 6 nitrogen and oxygen atoms in total. The zero-order valence-corrected chi connectivity index (χ0v) is 15.1. The van der Waals surface area contributed by atoms with Crippen LogP contribution in [0.2, 0.25) is 0 Å². The van der Waals surface area contributed by atoms with Gasteiger partial charge in [0.1, 0.15) is 0 Å². The van der Waals surface area contributed by atoms with Crippen molar-refractivity contribution in [1.29, 1.82) is 0 Å². The standard InChI is InChI=1S/C15H22N6.HI/c1-21-12-13(11-20-21)5-4-9-18-15(16)19-10-7-14-6-2-3-8-17-14;/h2-3,6,8,11-12H,4-5,7,9-10H2,1H3,(H3,16,18,19);1H. The Kier molecular flexibility index (Phi) is 8.49. The summed E-state index contributed by atoms with van der Waals surface area (Å²) in [7, 11) is 1.92. The molecule has 7 heteroatoms. The third kappa shape index (κ3) is 6.88. The Morgan fingerprint density at radius 3 is 2.91 bits per heavy atom. The summed E-state index contributed by atoms with van der Waals surface area (Å²) in [4.78, 5) is 8.57. The third-order valence-electron chi connectivity index (χ3n) is 3.08. The zero-order valence-electron chi connectivity index (χ0n) is 12.8. The largest absolute Gasteiger partial charge is 0.370 e. The van der Waals surface area contributed by atoms with Crippen molar-refractivity contribution in [1.82, 2.24) is 20.1 Å². The number of guanidine groups is 1. The lowest BCUT2D eigenvalue weighted by atomic mass is 10.2. The maximum absolute atomic E-state index is 5.82. The van der Waals surface area contributed by atoms with E-state index in [0.29, 0.717) is 5.96 Å². The topological polar surface area (TPSA) is 81.1 Å². The summed E-state index contributed by atoms with van der Waals surface area (Å²) in [6.07, 6.45) is 8.49. The van der Waals surface area contributed by atoms with Gasteiger partial charge in [-0.15, -0.1) is 24.0 Å². The fourth-order valence-corrected chi connectivity index (χ4v) is 2.00. The molecule has 0 saturated carbocycles. The molecule has 0 amide bonds. The molecular formula is C15H23IN6. The van der Waals surface area contributed by atoms with Crippen LogP contribution < -0.4 is 11.1 Å². The van der Waals surface area contributed by atoms with Gasteiger partial charge in [0.05, 0.1) is 6.20 Å². The van der Waals surface area contributed by atoms with Crippen molar-refractivity contribution in [3.8, 4) is 0 Å². The minimum absolute atomic E-state index is 0. The fraction of sp³-hybridized carbons (Fsp3) is 0.400. The number of rotatable bonds is 7. The van der Waals surface area contributed by atoms with Gasteiger partial charge in [-0.05, 0) is 30.5 Å². The Labute approximate surface area is 148 Å². The lowest BCUT2D eigenvalue weighted by Gasteiger charge is -2.05. The number of pyridine rings is 1. The van der Waals surface area contributed by atoms with Gasteiger partial charge in [-0.2, -0.15) is 5.10 Å². The van der Waals surface area contributed by atoms with E-state index < -0.39 is 0 Å². The summed E-state index contributed by atoms with van der Waals surface area (Å²) in [5, 5.41) is 7.24. The first kappa shape index (κ1) is 18.4. The van der Waals surface area contributed by atoms with E-state index in [-0.39, 0.29) is 24.0 Å². The Balaban J connectivity index is 0.00000242. The van der Waals surface area contributed by atoms with E-state index in [2.05, 4.69) is 20.4 Å². The highest BCUT2D eigenvalue weighted by Crippen LogP contribution is 2.00. The first-order valence-corrected chi connectivity index (χ1v) is 7.15. The van der Waals surface area contributed by atoms with Gasteiger partial charge in [0.25, 0.3) is 0 Å². The number of nitrogens with zero attached hydrogens (tertiary/aromatic N) is 4. The normalized spacial score (nSPS) is 11.0. The maximum Gasteiger partial charge on any atom is 0.188 e. The van der Waals surface area contributed by atoms with Crippen molar-refractivity contribution < 1.29 is 0 Å². The van der Waals surface area contributed by atoms with E-state index in [1.54, 1.807) is 6.20 Å². The lowest BCUT2D eigenvalue weighted by molar-refractivity contribution is 0.764. The van der Waals surface area contributed by atoms with Gasteiger partial charge in [-0.3, -0.25) is 14.7 Å². The van der Waals surface area contributed by atoms with E-state index in [4.69, 9.17) is 5.73 Å². The summed E-state index contributed by atoms with van der Waals surface area (Å²) in [5.74, 6) is 0.497. The highest BCUT2D eigenvalue weighted by atomic mass is 127. The zero-order chi connectivity index (χ0) is 14.9. The van der Waals surface area contributed by atoms with E-state index in [1.165, 1.54) is 5.56 Å². The summed E-state index contributed by atoms with van der Waals surface area (Å²) in [5.41, 5.74) is 8.10. The maximum atomic E-state index is 5.82. The van der Waals surface area contributed by atoms with Crippen molar-refractivity contribution in [2.45, 2.75) is 19.3 Å². The van der Waals surface area contributed by atoms with Crippen LogP contribution in [0, 0.1) is 0 Å². The molecule has 2 aromatic rings. The number of hydrogen-bond acceptors (Lipinski definition) is 3. The molecule has 0 radical (unpaired) electrons. The van der Waals surface area contributed by atoms with Crippen LogP contribution >= 0.6 is 24.0 Å². The molecule has 2 aromatic heterocycles. The van der Waals surface area contributed by atoms with Crippen molar-refractivity contribution in [3.05, 3.63) is 48.0 Å². The van der Waals surface area contributed by atoms with Crippen LogP contribution in [-0.4, -0.2) is 33.8 Å². The van der Waals surface area contributed by atoms with Crippen LogP contribution in [0.3, 0.4) is 0 Å². The number of aryl methyl sites for hydroxylation is 2. The molecule has 0 spiro atoms. The predicted molar refractivity (Wildman–Crippen MR) is 99.4 cm³/mol. The average Bonchev–Trinajstić information content (AvgIpc) is 2.90. The van der Waals surface area contributed by atoms with Gasteiger partial charge >= 0.3 is 0 Å². The van der Waals surface area contributed by atoms with Gasteiger partial charge in [0.15, 0.2) is 5.96 Å². The summed E-state index contributed by atoms with van der Waals surface area (Å²) < 4.78 is 1.81. The highest BCUT2D eigenvalue weighted by molar-refractivity contribution is 14.0. The molecule has 0 fully saturated rings. The fourth-order valence-electron chi connectivity index (χ4n) is 2.00. The van der Waals surface area contributed by atoms with Crippen LogP contribution in [0.4, 0.5) is 0 Å². The summed E-state index contributed by atoms with van der Waals surface area (Å²) in [6.45, 7) is 1.46. The second kappa shape index (κ2) is 10.1. The molecule has 3 N–H and O–H groups in total. The molecular weight excluding hydrogens is 391 g/mol. The Bertz CT molecular complexity index is 566. The molecule has 0 unspecified atom stereocenters. The Hall–Kier alpha value is -1.64. The molecule has 0 aliphatic carbocycles. The molecule has 0 bridgehead atoms. The number of nitrogens with one attached hydrogen (secondary N) is 1. The number of aliphatic imine (C=N–C) groups is 1. The highest BCUT2D eigenvalue weighted by Gasteiger charge is 1.97. The van der Waals surface area contributed by atoms with Crippen LogP contribution in [0.15, 0.2) is 41.8 Å². The molecule has 120 valence electrons. The van der Waals surface area contributed by atoms with Gasteiger partial charge in [-0.1, -0.05) is 6.07 Å². The Morgan fingerprint density at radius 1 is 1.36 bits per heavy atom. The first-order valence-electron chi connectivity index (χ1n) is 7.15. The second-order valence-electron chi connectivity index (χ2n) is 4.89. The lowest BCUT2D eigenvalue weighted by Crippen LogP contribution is -2.33. The number of nitrogens with two attached hydrogens (primary N) is 1. The number of halogens is 1. The van der Waals surface area contributed by atoms with E-state index >= 15 is 0 Å². The molecule has 0 aromatic carbocycles.